The summed E-state index contributed by atoms with van der Waals surface area (Å²) in [7, 11) is 0. The molecule has 0 atom stereocenters. The molecule has 0 aliphatic heterocycles. The van der Waals surface area contributed by atoms with Crippen LogP contribution in [0.15, 0.2) is 168 Å². The van der Waals surface area contributed by atoms with Crippen LogP contribution in [0.5, 0.6) is 0 Å². The molecule has 0 saturated carbocycles. The molecular weight excluding hydrogens is 677 g/mol. The maximum atomic E-state index is 6.07. The fourth-order valence-electron chi connectivity index (χ4n) is 6.84. The zero-order valence-corrected chi connectivity index (χ0v) is 28.5. The van der Waals surface area contributed by atoms with Crippen LogP contribution in [0.3, 0.4) is 0 Å². The van der Waals surface area contributed by atoms with Crippen molar-refractivity contribution in [3.05, 3.63) is 164 Å². The monoisotopic (exact) mass is 705 g/mol. The normalized spacial score (nSPS) is 11.6. The van der Waals surface area contributed by atoms with Gasteiger partial charge in [0.05, 0.1) is 0 Å². The van der Waals surface area contributed by atoms with E-state index in [-0.39, 0.29) is 14.5 Å². The van der Waals surface area contributed by atoms with E-state index in [0.717, 1.165) is 55.3 Å². The molecular formula is C45H27N3OSe. The number of furan rings is 1. The van der Waals surface area contributed by atoms with E-state index in [0.29, 0.717) is 17.5 Å². The standard InChI is InChI=1S/C45H27N3OSe/c1-2-9-28(10-3-1)29-17-21-31(22-18-29)43-46-44(48-45(47-43)37-14-8-13-36-35-12-5-7-16-41(35)50-42(36)37)32-23-19-30(20-24-32)33-25-26-40-38(27-33)34-11-4-6-15-39(34)49-40/h1-27H. The average molecular weight is 705 g/mol. The number of nitrogens with zero attached hydrogens (tertiary/aromatic N) is 3. The number of fused-ring (bicyclic) bond motifs is 6. The van der Waals surface area contributed by atoms with E-state index in [2.05, 4.69) is 146 Å². The van der Waals surface area contributed by atoms with Gasteiger partial charge in [0, 0.05) is 5.39 Å². The first-order valence-electron chi connectivity index (χ1n) is 16.6. The van der Waals surface area contributed by atoms with Crippen molar-refractivity contribution < 1.29 is 4.42 Å². The molecule has 4 nitrogen and oxygen atoms in total. The Morgan fingerprint density at radius 2 is 0.900 bits per heavy atom. The van der Waals surface area contributed by atoms with Gasteiger partial charge >= 0.3 is 244 Å². The SMILES string of the molecule is c1ccc(-c2ccc(-c3nc(-c4ccc(-c5ccc6oc7ccccc7c6c5)cc4)nc(-c4cccc5c4[se]c4ccccc45)n3)cc2)cc1. The van der Waals surface area contributed by atoms with E-state index in [9.17, 15) is 0 Å². The van der Waals surface area contributed by atoms with Crippen LogP contribution in [0.4, 0.5) is 0 Å². The Labute approximate surface area is 294 Å². The van der Waals surface area contributed by atoms with Crippen molar-refractivity contribution in [1.82, 2.24) is 15.0 Å². The third kappa shape index (κ3) is 4.95. The summed E-state index contributed by atoms with van der Waals surface area (Å²) in [5.41, 5.74) is 9.35. The van der Waals surface area contributed by atoms with Gasteiger partial charge in [0.15, 0.2) is 0 Å². The van der Waals surface area contributed by atoms with Crippen LogP contribution < -0.4 is 0 Å². The number of rotatable bonds is 5. The van der Waals surface area contributed by atoms with Crippen LogP contribution in [-0.2, 0) is 0 Å². The molecule has 0 spiro atoms. The third-order valence-corrected chi connectivity index (χ3v) is 11.9. The van der Waals surface area contributed by atoms with Gasteiger partial charge in [-0.05, 0) is 6.07 Å². The molecule has 0 fully saturated rings. The second kappa shape index (κ2) is 11.8. The maximum absolute atomic E-state index is 6.07. The third-order valence-electron chi connectivity index (χ3n) is 9.38. The molecule has 0 unspecified atom stereocenters. The van der Waals surface area contributed by atoms with Crippen molar-refractivity contribution >= 4 is 55.7 Å². The van der Waals surface area contributed by atoms with Gasteiger partial charge in [-0.1, -0.05) is 24.3 Å². The molecule has 0 aliphatic rings. The Morgan fingerprint density at radius 3 is 1.66 bits per heavy atom. The molecule has 234 valence electrons. The zero-order chi connectivity index (χ0) is 33.0. The Morgan fingerprint density at radius 1 is 0.360 bits per heavy atom. The molecule has 10 aromatic rings. The molecule has 0 aliphatic carbocycles. The molecule has 3 aromatic heterocycles. The molecule has 0 bridgehead atoms. The molecule has 7 aromatic carbocycles. The van der Waals surface area contributed by atoms with Gasteiger partial charge in [0.1, 0.15) is 11.2 Å². The van der Waals surface area contributed by atoms with Gasteiger partial charge in [0.2, 0.25) is 0 Å². The molecule has 10 rings (SSSR count). The van der Waals surface area contributed by atoms with Crippen molar-refractivity contribution in [3.8, 4) is 56.4 Å². The summed E-state index contributed by atoms with van der Waals surface area (Å²) in [4.78, 5) is 15.4. The van der Waals surface area contributed by atoms with Crippen LogP contribution in [0, 0.1) is 0 Å². The summed E-state index contributed by atoms with van der Waals surface area (Å²) in [6.45, 7) is 0. The van der Waals surface area contributed by atoms with Crippen molar-refractivity contribution in [1.29, 1.82) is 0 Å². The zero-order valence-electron chi connectivity index (χ0n) is 26.7. The van der Waals surface area contributed by atoms with Gasteiger partial charge in [-0.25, -0.2) is 0 Å². The van der Waals surface area contributed by atoms with Crippen LogP contribution in [0.2, 0.25) is 0 Å². The van der Waals surface area contributed by atoms with Crippen LogP contribution in [0.25, 0.3) is 97.6 Å². The predicted octanol–water partition coefficient (Wildman–Crippen LogP) is 11.5. The fourth-order valence-corrected chi connectivity index (χ4v) is 9.38. The first-order valence-corrected chi connectivity index (χ1v) is 18.3. The summed E-state index contributed by atoms with van der Waals surface area (Å²) in [6, 6.07) is 57.3. The van der Waals surface area contributed by atoms with E-state index in [4.69, 9.17) is 19.4 Å². The quantitative estimate of drug-likeness (QED) is 0.167. The molecule has 3 heterocycles. The minimum atomic E-state index is 0.163. The number of para-hydroxylation sites is 1. The van der Waals surface area contributed by atoms with Crippen molar-refractivity contribution in [2.24, 2.45) is 0 Å². The van der Waals surface area contributed by atoms with E-state index in [1.165, 1.54) is 24.9 Å². The molecule has 5 heteroatoms. The molecule has 50 heavy (non-hydrogen) atoms. The fraction of sp³-hybridized carbons (Fsp3) is 0. The average Bonchev–Trinajstić information content (AvgIpc) is 3.76. The topological polar surface area (TPSA) is 51.8 Å². The summed E-state index contributed by atoms with van der Waals surface area (Å²) >= 11 is 0.163. The molecule has 0 N–H and O–H groups in total. The van der Waals surface area contributed by atoms with Crippen molar-refractivity contribution in [2.45, 2.75) is 0 Å². The van der Waals surface area contributed by atoms with E-state index < -0.39 is 0 Å². The second-order valence-electron chi connectivity index (χ2n) is 12.4. The van der Waals surface area contributed by atoms with Crippen LogP contribution in [0.1, 0.15) is 0 Å². The van der Waals surface area contributed by atoms with Crippen LogP contribution >= 0.6 is 0 Å². The summed E-state index contributed by atoms with van der Waals surface area (Å²) in [5, 5.41) is 4.83. The molecule has 0 radical (unpaired) electrons. The Hall–Kier alpha value is -6.13. The first-order chi connectivity index (χ1) is 24.7. The number of hydrogen-bond donors (Lipinski definition) is 0. The number of aromatic nitrogens is 3. The molecule has 0 amide bonds. The summed E-state index contributed by atoms with van der Waals surface area (Å²) in [5.74, 6) is 2.01. The first kappa shape index (κ1) is 28.8. The number of benzene rings is 7. The second-order valence-corrected chi connectivity index (χ2v) is 14.6. The van der Waals surface area contributed by atoms with Gasteiger partial charge in [-0.3, -0.25) is 0 Å². The van der Waals surface area contributed by atoms with Crippen molar-refractivity contribution in [3.63, 3.8) is 0 Å². The van der Waals surface area contributed by atoms with Gasteiger partial charge < -0.3 is 4.42 Å². The van der Waals surface area contributed by atoms with Crippen LogP contribution in [-0.4, -0.2) is 29.5 Å². The molecule has 0 saturated heterocycles. The van der Waals surface area contributed by atoms with Gasteiger partial charge in [0.25, 0.3) is 0 Å². The Kier molecular flexibility index (Phi) is 6.80. The minimum absolute atomic E-state index is 0.163. The summed E-state index contributed by atoms with van der Waals surface area (Å²) in [6.07, 6.45) is 0. The Bertz CT molecular complexity index is 2850. The predicted molar refractivity (Wildman–Crippen MR) is 206 cm³/mol. The van der Waals surface area contributed by atoms with E-state index >= 15 is 0 Å². The van der Waals surface area contributed by atoms with Crippen molar-refractivity contribution in [2.75, 3.05) is 0 Å². The summed E-state index contributed by atoms with van der Waals surface area (Å²) < 4.78 is 8.78. The van der Waals surface area contributed by atoms with Gasteiger partial charge in [-0.2, -0.15) is 0 Å². The van der Waals surface area contributed by atoms with Gasteiger partial charge in [-0.15, -0.1) is 0 Å². The van der Waals surface area contributed by atoms with E-state index in [1.54, 1.807) is 0 Å². The number of hydrogen-bond acceptors (Lipinski definition) is 4. The van der Waals surface area contributed by atoms with E-state index in [1.807, 2.05) is 18.2 Å². The Balaban J connectivity index is 1.09.